The Balaban J connectivity index is 2.21. The number of allylic oxidation sites excluding steroid dienone is 1. The number of methoxy groups -OCH3 is 1. The zero-order valence-electron chi connectivity index (χ0n) is 11.6. The summed E-state index contributed by atoms with van der Waals surface area (Å²) in [7, 11) is 1.62. The Morgan fingerprint density at radius 1 is 1.15 bits per heavy atom. The van der Waals surface area contributed by atoms with Crippen LogP contribution < -0.4 is 10.5 Å². The van der Waals surface area contributed by atoms with E-state index in [2.05, 4.69) is 0 Å². The van der Waals surface area contributed by atoms with Gasteiger partial charge in [0, 0.05) is 16.8 Å². The van der Waals surface area contributed by atoms with Crippen LogP contribution in [0.2, 0.25) is 0 Å². The zero-order chi connectivity index (χ0) is 14.5. The van der Waals surface area contributed by atoms with Crippen molar-refractivity contribution in [3.8, 4) is 5.75 Å². The third-order valence-corrected chi connectivity index (χ3v) is 3.00. The summed E-state index contributed by atoms with van der Waals surface area (Å²) >= 11 is 0. The molecular formula is C17H17NO2. The lowest BCUT2D eigenvalue weighted by Gasteiger charge is -2.05. The van der Waals surface area contributed by atoms with E-state index in [0.29, 0.717) is 11.3 Å². The van der Waals surface area contributed by atoms with E-state index in [0.717, 1.165) is 16.9 Å². The van der Waals surface area contributed by atoms with Gasteiger partial charge in [-0.25, -0.2) is 0 Å². The van der Waals surface area contributed by atoms with Crippen molar-refractivity contribution in [1.29, 1.82) is 0 Å². The molecule has 0 amide bonds. The lowest BCUT2D eigenvalue weighted by Crippen LogP contribution is -1.95. The van der Waals surface area contributed by atoms with E-state index in [1.807, 2.05) is 25.1 Å². The summed E-state index contributed by atoms with van der Waals surface area (Å²) in [6.45, 7) is 2.00. The van der Waals surface area contributed by atoms with E-state index in [9.17, 15) is 4.79 Å². The van der Waals surface area contributed by atoms with Crippen molar-refractivity contribution in [2.75, 3.05) is 12.8 Å². The van der Waals surface area contributed by atoms with Gasteiger partial charge in [0.05, 0.1) is 7.11 Å². The second kappa shape index (κ2) is 6.06. The molecule has 0 fully saturated rings. The Hall–Kier alpha value is -2.55. The highest BCUT2D eigenvalue weighted by atomic mass is 16.5. The summed E-state index contributed by atoms with van der Waals surface area (Å²) in [5.41, 5.74) is 8.85. The van der Waals surface area contributed by atoms with E-state index in [1.54, 1.807) is 43.5 Å². The molecule has 2 aromatic rings. The lowest BCUT2D eigenvalue weighted by atomic mass is 10.1. The second-order valence-electron chi connectivity index (χ2n) is 4.56. The lowest BCUT2D eigenvalue weighted by molar-refractivity contribution is 0.104. The van der Waals surface area contributed by atoms with Gasteiger partial charge in [-0.1, -0.05) is 12.1 Å². The number of aryl methyl sites for hydroxylation is 1. The van der Waals surface area contributed by atoms with Crippen LogP contribution in [-0.2, 0) is 0 Å². The summed E-state index contributed by atoms with van der Waals surface area (Å²) in [5, 5.41) is 0. The molecule has 2 rings (SSSR count). The van der Waals surface area contributed by atoms with Crippen molar-refractivity contribution in [2.45, 2.75) is 6.92 Å². The number of benzene rings is 2. The first-order chi connectivity index (χ1) is 9.60. The number of ether oxygens (including phenoxy) is 1. The van der Waals surface area contributed by atoms with Crippen molar-refractivity contribution in [1.82, 2.24) is 0 Å². The molecule has 3 heteroatoms. The van der Waals surface area contributed by atoms with Crippen molar-refractivity contribution in [3.05, 3.63) is 65.2 Å². The number of ketones is 1. The van der Waals surface area contributed by atoms with Crippen molar-refractivity contribution >= 4 is 17.5 Å². The predicted molar refractivity (Wildman–Crippen MR) is 81.9 cm³/mol. The zero-order valence-corrected chi connectivity index (χ0v) is 11.6. The average Bonchev–Trinajstić information content (AvgIpc) is 2.46. The van der Waals surface area contributed by atoms with Gasteiger partial charge in [0.25, 0.3) is 0 Å². The fraction of sp³-hybridized carbons (Fsp3) is 0.118. The Morgan fingerprint density at radius 2 is 1.85 bits per heavy atom. The van der Waals surface area contributed by atoms with Gasteiger partial charge in [-0.05, 0) is 55.0 Å². The van der Waals surface area contributed by atoms with Gasteiger partial charge in [-0.2, -0.15) is 0 Å². The Kier molecular flexibility index (Phi) is 4.20. The second-order valence-corrected chi connectivity index (χ2v) is 4.56. The first kappa shape index (κ1) is 13.9. The standard InChI is InChI=1S/C17H17NO2/c1-12-3-4-14(17(11-12)20-2)7-10-16(19)13-5-8-15(18)9-6-13/h3-11H,18H2,1-2H3/b10-7+. The number of carbonyl (C=O) groups is 1. The molecule has 0 aromatic heterocycles. The van der Waals surface area contributed by atoms with Crippen LogP contribution in [0.25, 0.3) is 6.08 Å². The molecule has 102 valence electrons. The summed E-state index contributed by atoms with van der Waals surface area (Å²) in [6, 6.07) is 12.7. The number of hydrogen-bond donors (Lipinski definition) is 1. The van der Waals surface area contributed by atoms with Crippen LogP contribution in [-0.4, -0.2) is 12.9 Å². The van der Waals surface area contributed by atoms with Gasteiger partial charge in [-0.15, -0.1) is 0 Å². The summed E-state index contributed by atoms with van der Waals surface area (Å²) in [5.74, 6) is 0.694. The molecule has 0 saturated carbocycles. The minimum absolute atomic E-state index is 0.0624. The number of nitrogens with two attached hydrogens (primary N) is 1. The molecule has 2 N–H and O–H groups in total. The highest BCUT2D eigenvalue weighted by Crippen LogP contribution is 2.21. The van der Waals surface area contributed by atoms with Gasteiger partial charge in [0.1, 0.15) is 5.75 Å². The quantitative estimate of drug-likeness (QED) is 0.524. The molecule has 0 aliphatic heterocycles. The first-order valence-corrected chi connectivity index (χ1v) is 6.33. The van der Waals surface area contributed by atoms with Crippen molar-refractivity contribution < 1.29 is 9.53 Å². The minimum atomic E-state index is -0.0624. The van der Waals surface area contributed by atoms with E-state index >= 15 is 0 Å². The van der Waals surface area contributed by atoms with E-state index in [-0.39, 0.29) is 5.78 Å². The molecule has 0 atom stereocenters. The Bertz CT molecular complexity index is 643. The fourth-order valence-electron chi connectivity index (χ4n) is 1.87. The fourth-order valence-corrected chi connectivity index (χ4v) is 1.87. The number of anilines is 1. The van der Waals surface area contributed by atoms with Crippen LogP contribution in [0.5, 0.6) is 5.75 Å². The molecule has 0 heterocycles. The third kappa shape index (κ3) is 3.26. The van der Waals surface area contributed by atoms with Gasteiger partial charge in [0.15, 0.2) is 5.78 Å². The average molecular weight is 267 g/mol. The molecule has 20 heavy (non-hydrogen) atoms. The van der Waals surface area contributed by atoms with E-state index < -0.39 is 0 Å². The van der Waals surface area contributed by atoms with Gasteiger partial charge < -0.3 is 10.5 Å². The molecule has 0 spiro atoms. The van der Waals surface area contributed by atoms with Gasteiger partial charge in [0.2, 0.25) is 0 Å². The van der Waals surface area contributed by atoms with Crippen molar-refractivity contribution in [3.63, 3.8) is 0 Å². The van der Waals surface area contributed by atoms with Crippen LogP contribution in [0.15, 0.2) is 48.5 Å². The highest BCUT2D eigenvalue weighted by Gasteiger charge is 2.03. The van der Waals surface area contributed by atoms with Crippen molar-refractivity contribution in [2.24, 2.45) is 0 Å². The molecule has 0 aliphatic carbocycles. The van der Waals surface area contributed by atoms with Crippen LogP contribution in [0.3, 0.4) is 0 Å². The smallest absolute Gasteiger partial charge is 0.185 e. The third-order valence-electron chi connectivity index (χ3n) is 3.00. The van der Waals surface area contributed by atoms with Crippen LogP contribution >= 0.6 is 0 Å². The van der Waals surface area contributed by atoms with E-state index in [1.165, 1.54) is 0 Å². The Labute approximate surface area is 118 Å². The number of carbonyl (C=O) groups excluding carboxylic acids is 1. The largest absolute Gasteiger partial charge is 0.496 e. The number of hydrogen-bond acceptors (Lipinski definition) is 3. The molecule has 2 aromatic carbocycles. The highest BCUT2D eigenvalue weighted by molar-refractivity contribution is 6.07. The maximum Gasteiger partial charge on any atom is 0.185 e. The van der Waals surface area contributed by atoms with Crippen LogP contribution in [0, 0.1) is 6.92 Å². The molecule has 0 radical (unpaired) electrons. The first-order valence-electron chi connectivity index (χ1n) is 6.33. The maximum absolute atomic E-state index is 12.0. The molecule has 0 aliphatic rings. The van der Waals surface area contributed by atoms with Crippen LogP contribution in [0.4, 0.5) is 5.69 Å². The predicted octanol–water partition coefficient (Wildman–Crippen LogP) is 3.48. The molecule has 0 unspecified atom stereocenters. The van der Waals surface area contributed by atoms with Crippen LogP contribution in [0.1, 0.15) is 21.5 Å². The molecule has 0 bridgehead atoms. The molecule has 0 saturated heterocycles. The normalized spacial score (nSPS) is 10.7. The minimum Gasteiger partial charge on any atom is -0.496 e. The monoisotopic (exact) mass is 267 g/mol. The summed E-state index contributed by atoms with van der Waals surface area (Å²) in [4.78, 5) is 12.0. The number of rotatable bonds is 4. The Morgan fingerprint density at radius 3 is 2.50 bits per heavy atom. The summed E-state index contributed by atoms with van der Waals surface area (Å²) < 4.78 is 5.30. The number of nitrogen functional groups attached to an aromatic ring is 1. The molecular weight excluding hydrogens is 250 g/mol. The van der Waals surface area contributed by atoms with Gasteiger partial charge >= 0.3 is 0 Å². The van der Waals surface area contributed by atoms with E-state index in [4.69, 9.17) is 10.5 Å². The molecule has 3 nitrogen and oxygen atoms in total. The van der Waals surface area contributed by atoms with Gasteiger partial charge in [-0.3, -0.25) is 4.79 Å². The maximum atomic E-state index is 12.0. The topological polar surface area (TPSA) is 52.3 Å². The summed E-state index contributed by atoms with van der Waals surface area (Å²) in [6.07, 6.45) is 3.30. The SMILES string of the molecule is COc1cc(C)ccc1/C=C/C(=O)c1ccc(N)cc1.